The van der Waals surface area contributed by atoms with Crippen molar-refractivity contribution in [3.05, 3.63) is 71.8 Å². The van der Waals surface area contributed by atoms with Crippen molar-refractivity contribution in [2.24, 2.45) is 0 Å². The smallest absolute Gasteiger partial charge is 0.0622 e. The van der Waals surface area contributed by atoms with Crippen LogP contribution in [0.2, 0.25) is 0 Å². The molecule has 0 aliphatic carbocycles. The molecule has 0 heterocycles. The van der Waals surface area contributed by atoms with Gasteiger partial charge in [0.15, 0.2) is 0 Å². The van der Waals surface area contributed by atoms with Crippen LogP contribution in [-0.2, 0) is 0 Å². The van der Waals surface area contributed by atoms with Crippen LogP contribution in [0.3, 0.4) is 0 Å². The second-order valence-corrected chi connectivity index (χ2v) is 4.47. The normalized spacial score (nSPS) is 10.3. The Morgan fingerprint density at radius 1 is 0.895 bits per heavy atom. The van der Waals surface area contributed by atoms with Gasteiger partial charge in [-0.05, 0) is 24.1 Å². The third-order valence-corrected chi connectivity index (χ3v) is 3.08. The van der Waals surface area contributed by atoms with Gasteiger partial charge in [0.2, 0.25) is 0 Å². The summed E-state index contributed by atoms with van der Waals surface area (Å²) in [6.45, 7) is 0.849. The van der Waals surface area contributed by atoms with Crippen molar-refractivity contribution in [3.63, 3.8) is 0 Å². The lowest BCUT2D eigenvalue weighted by Crippen LogP contribution is -2.23. The zero-order chi connectivity index (χ0) is 13.3. The second kappa shape index (κ2) is 7.35. The molecule has 0 saturated carbocycles. The van der Waals surface area contributed by atoms with Gasteiger partial charge in [0.1, 0.15) is 0 Å². The van der Waals surface area contributed by atoms with Gasteiger partial charge in [0, 0.05) is 6.42 Å². The molecule has 0 saturated heterocycles. The molecule has 0 unspecified atom stereocenters. The summed E-state index contributed by atoms with van der Waals surface area (Å²) in [4.78, 5) is 0. The average Bonchev–Trinajstić information content (AvgIpc) is 2.49. The van der Waals surface area contributed by atoms with E-state index in [9.17, 15) is 0 Å². The highest BCUT2D eigenvalue weighted by atomic mass is 14.9. The molecule has 0 aliphatic rings. The quantitative estimate of drug-likeness (QED) is 0.794. The molecule has 2 aromatic carbocycles. The molecule has 96 valence electrons. The van der Waals surface area contributed by atoms with Gasteiger partial charge < -0.3 is 5.32 Å². The summed E-state index contributed by atoms with van der Waals surface area (Å²) in [5.41, 5.74) is 2.51. The van der Waals surface area contributed by atoms with Crippen molar-refractivity contribution < 1.29 is 0 Å². The van der Waals surface area contributed by atoms with E-state index in [0.29, 0.717) is 6.42 Å². The van der Waals surface area contributed by atoms with Gasteiger partial charge in [-0.25, -0.2) is 0 Å². The highest BCUT2D eigenvalue weighted by Gasteiger charge is 2.12. The predicted octanol–water partition coefficient (Wildman–Crippen LogP) is 3.67. The maximum atomic E-state index is 8.59. The van der Waals surface area contributed by atoms with Crippen LogP contribution >= 0.6 is 0 Å². The summed E-state index contributed by atoms with van der Waals surface area (Å²) in [5, 5.41) is 12.1. The molecule has 0 amide bonds. The van der Waals surface area contributed by atoms with Gasteiger partial charge in [-0.3, -0.25) is 0 Å². The Labute approximate surface area is 114 Å². The molecule has 2 rings (SSSR count). The van der Waals surface area contributed by atoms with Gasteiger partial charge in [0.25, 0.3) is 0 Å². The first-order valence-electron chi connectivity index (χ1n) is 6.62. The Morgan fingerprint density at radius 3 is 1.89 bits per heavy atom. The average molecular weight is 250 g/mol. The monoisotopic (exact) mass is 250 g/mol. The lowest BCUT2D eigenvalue weighted by atomic mass is 9.98. The molecule has 0 radical (unpaired) electrons. The molecule has 2 nitrogen and oxygen atoms in total. The number of nitriles is 1. The molecule has 0 aromatic heterocycles. The van der Waals surface area contributed by atoms with E-state index in [1.165, 1.54) is 11.1 Å². The third kappa shape index (κ3) is 3.94. The molecule has 1 N–H and O–H groups in total. The van der Waals surface area contributed by atoms with E-state index in [1.807, 2.05) is 12.1 Å². The lowest BCUT2D eigenvalue weighted by Gasteiger charge is -2.19. The number of hydrogen-bond donors (Lipinski definition) is 1. The number of nitrogens with zero attached hydrogens (tertiary/aromatic N) is 1. The van der Waals surface area contributed by atoms with E-state index in [0.717, 1.165) is 13.0 Å². The lowest BCUT2D eigenvalue weighted by molar-refractivity contribution is 0.588. The summed E-state index contributed by atoms with van der Waals surface area (Å²) < 4.78 is 0. The number of hydrogen-bond acceptors (Lipinski definition) is 2. The van der Waals surface area contributed by atoms with Gasteiger partial charge in [-0.1, -0.05) is 60.7 Å². The number of unbranched alkanes of at least 4 members (excludes halogenated alkanes) is 1. The van der Waals surface area contributed by atoms with Crippen molar-refractivity contribution in [2.45, 2.75) is 18.9 Å². The van der Waals surface area contributed by atoms with Gasteiger partial charge in [0.05, 0.1) is 12.1 Å². The summed E-state index contributed by atoms with van der Waals surface area (Å²) in [6, 6.07) is 23.2. The molecule has 0 spiro atoms. The summed E-state index contributed by atoms with van der Waals surface area (Å²) in [6.07, 6.45) is 1.48. The summed E-state index contributed by atoms with van der Waals surface area (Å²) in [7, 11) is 0. The Bertz CT molecular complexity index is 474. The first kappa shape index (κ1) is 13.3. The van der Waals surface area contributed by atoms with Crippen LogP contribution in [0, 0.1) is 11.3 Å². The van der Waals surface area contributed by atoms with Crippen LogP contribution in [0.25, 0.3) is 0 Å². The largest absolute Gasteiger partial charge is 0.306 e. The number of benzene rings is 2. The van der Waals surface area contributed by atoms with E-state index in [2.05, 4.69) is 59.9 Å². The van der Waals surface area contributed by atoms with Gasteiger partial charge in [-0.15, -0.1) is 0 Å². The van der Waals surface area contributed by atoms with E-state index in [1.54, 1.807) is 0 Å². The molecule has 19 heavy (non-hydrogen) atoms. The first-order valence-corrected chi connectivity index (χ1v) is 6.62. The van der Waals surface area contributed by atoms with Crippen molar-refractivity contribution in [1.29, 1.82) is 5.26 Å². The first-order chi connectivity index (χ1) is 9.42. The molecule has 0 bridgehead atoms. The second-order valence-electron chi connectivity index (χ2n) is 4.47. The van der Waals surface area contributed by atoms with Crippen molar-refractivity contribution in [1.82, 2.24) is 5.32 Å². The maximum absolute atomic E-state index is 8.59. The highest BCUT2D eigenvalue weighted by Crippen LogP contribution is 2.21. The third-order valence-electron chi connectivity index (χ3n) is 3.08. The number of nitrogens with one attached hydrogen (secondary N) is 1. The van der Waals surface area contributed by atoms with Crippen molar-refractivity contribution in [3.8, 4) is 6.07 Å². The van der Waals surface area contributed by atoms with Crippen LogP contribution in [0.5, 0.6) is 0 Å². The molecule has 2 aromatic rings. The van der Waals surface area contributed by atoms with Crippen LogP contribution in [0.4, 0.5) is 0 Å². The highest BCUT2D eigenvalue weighted by molar-refractivity contribution is 5.31. The summed E-state index contributed by atoms with van der Waals surface area (Å²) in [5.74, 6) is 0. The molecule has 2 heteroatoms. The van der Waals surface area contributed by atoms with Gasteiger partial charge >= 0.3 is 0 Å². The molecule has 0 fully saturated rings. The van der Waals surface area contributed by atoms with Crippen LogP contribution in [-0.4, -0.2) is 6.54 Å². The van der Waals surface area contributed by atoms with Crippen LogP contribution in [0.1, 0.15) is 30.0 Å². The summed E-state index contributed by atoms with van der Waals surface area (Å²) >= 11 is 0. The molecule has 0 atom stereocenters. The Hall–Kier alpha value is -2.11. The van der Waals surface area contributed by atoms with Crippen molar-refractivity contribution in [2.75, 3.05) is 6.54 Å². The maximum Gasteiger partial charge on any atom is 0.0622 e. The number of rotatable bonds is 6. The topological polar surface area (TPSA) is 35.8 Å². The Kier molecular flexibility index (Phi) is 5.16. The fourth-order valence-corrected chi connectivity index (χ4v) is 2.13. The minimum absolute atomic E-state index is 0.195. The Morgan fingerprint density at radius 2 is 1.42 bits per heavy atom. The minimum atomic E-state index is 0.195. The predicted molar refractivity (Wildman–Crippen MR) is 77.6 cm³/mol. The molecular weight excluding hydrogens is 232 g/mol. The Balaban J connectivity index is 2.13. The standard InChI is InChI=1S/C17H18N2/c18-13-7-8-14-19-17(15-9-3-1-4-10-15)16-11-5-2-6-12-16/h1-6,9-12,17,19H,7-8,14H2. The van der Waals surface area contributed by atoms with E-state index >= 15 is 0 Å². The van der Waals surface area contributed by atoms with Crippen LogP contribution in [0.15, 0.2) is 60.7 Å². The van der Waals surface area contributed by atoms with E-state index in [4.69, 9.17) is 5.26 Å². The molecule has 0 aliphatic heterocycles. The van der Waals surface area contributed by atoms with Crippen LogP contribution < -0.4 is 5.32 Å². The molecular formula is C17H18N2. The fraction of sp³-hybridized carbons (Fsp3) is 0.235. The van der Waals surface area contributed by atoms with Crippen molar-refractivity contribution >= 4 is 0 Å². The van der Waals surface area contributed by atoms with E-state index < -0.39 is 0 Å². The van der Waals surface area contributed by atoms with Gasteiger partial charge in [-0.2, -0.15) is 5.26 Å². The SMILES string of the molecule is N#CCCCNC(c1ccccc1)c1ccccc1. The zero-order valence-corrected chi connectivity index (χ0v) is 10.9. The zero-order valence-electron chi connectivity index (χ0n) is 10.9. The fourth-order valence-electron chi connectivity index (χ4n) is 2.13. The minimum Gasteiger partial charge on any atom is -0.306 e. The van der Waals surface area contributed by atoms with E-state index in [-0.39, 0.29) is 6.04 Å².